The van der Waals surface area contributed by atoms with Gasteiger partial charge in [0.2, 0.25) is 0 Å². The fourth-order valence-corrected chi connectivity index (χ4v) is 2.43. The molecule has 3 rings (SSSR count). The minimum Gasteiger partial charge on any atom is -0.496 e. The van der Waals surface area contributed by atoms with E-state index in [9.17, 15) is 4.79 Å². The summed E-state index contributed by atoms with van der Waals surface area (Å²) in [5.74, 6) is 0.392. The zero-order valence-electron chi connectivity index (χ0n) is 10.8. The zero-order valence-corrected chi connectivity index (χ0v) is 11.6. The third kappa shape index (κ3) is 2.20. The van der Waals surface area contributed by atoms with E-state index in [-0.39, 0.29) is 5.91 Å². The van der Waals surface area contributed by atoms with E-state index < -0.39 is 0 Å². The van der Waals surface area contributed by atoms with Crippen molar-refractivity contribution < 1.29 is 9.53 Å². The Morgan fingerprint density at radius 1 is 1.40 bits per heavy atom. The molecule has 102 valence electrons. The van der Waals surface area contributed by atoms with Gasteiger partial charge in [-0.2, -0.15) is 0 Å². The first-order valence-electron chi connectivity index (χ1n) is 6.09. The van der Waals surface area contributed by atoms with Crippen LogP contribution in [0.2, 0.25) is 5.02 Å². The quantitative estimate of drug-likeness (QED) is 0.851. The van der Waals surface area contributed by atoms with Gasteiger partial charge in [-0.1, -0.05) is 11.6 Å². The predicted octanol–water partition coefficient (Wildman–Crippen LogP) is 2.29. The van der Waals surface area contributed by atoms with E-state index in [1.807, 2.05) is 0 Å². The number of halogens is 1. The lowest BCUT2D eigenvalue weighted by Crippen LogP contribution is -2.25. The van der Waals surface area contributed by atoms with Crippen molar-refractivity contribution in [3.05, 3.63) is 52.6 Å². The molecule has 2 aromatic rings. The Balaban J connectivity index is 1.90. The Bertz CT molecular complexity index is 650. The molecule has 1 aliphatic rings. The summed E-state index contributed by atoms with van der Waals surface area (Å²) in [4.78, 5) is 22.4. The number of methoxy groups -OCH3 is 1. The molecule has 2 heterocycles. The number of carbonyl (C=O) groups is 1. The topological polar surface area (TPSA) is 55.3 Å². The molecule has 1 amide bonds. The van der Waals surface area contributed by atoms with Crippen LogP contribution in [0.4, 0.5) is 0 Å². The van der Waals surface area contributed by atoms with Gasteiger partial charge in [0.25, 0.3) is 5.91 Å². The second-order valence-corrected chi connectivity index (χ2v) is 4.94. The number of benzene rings is 1. The summed E-state index contributed by atoms with van der Waals surface area (Å²) in [6.45, 7) is 0.983. The summed E-state index contributed by atoms with van der Waals surface area (Å²) in [6.07, 6.45) is 3.23. The average molecular weight is 290 g/mol. The number of carbonyl (C=O) groups excluding carboxylic acids is 1. The van der Waals surface area contributed by atoms with Gasteiger partial charge >= 0.3 is 0 Å². The van der Waals surface area contributed by atoms with Crippen molar-refractivity contribution in [1.29, 1.82) is 0 Å². The largest absolute Gasteiger partial charge is 0.496 e. The maximum Gasteiger partial charge on any atom is 0.258 e. The van der Waals surface area contributed by atoms with Gasteiger partial charge in [0.1, 0.15) is 12.1 Å². The number of rotatable bonds is 2. The highest BCUT2D eigenvalue weighted by Gasteiger charge is 2.27. The van der Waals surface area contributed by atoms with Crippen molar-refractivity contribution in [2.45, 2.75) is 13.1 Å². The van der Waals surface area contributed by atoms with E-state index >= 15 is 0 Å². The number of ether oxygens (including phenoxy) is 1. The molecule has 0 spiro atoms. The number of amides is 1. The van der Waals surface area contributed by atoms with Crippen LogP contribution in [0.5, 0.6) is 5.75 Å². The molecule has 0 aliphatic carbocycles. The first-order chi connectivity index (χ1) is 9.69. The van der Waals surface area contributed by atoms with Crippen LogP contribution < -0.4 is 4.74 Å². The number of fused-ring (bicyclic) bond motifs is 1. The van der Waals surface area contributed by atoms with Gasteiger partial charge in [-0.05, 0) is 18.2 Å². The maximum atomic E-state index is 12.6. The maximum absolute atomic E-state index is 12.6. The van der Waals surface area contributed by atoms with Gasteiger partial charge in [-0.25, -0.2) is 9.97 Å². The van der Waals surface area contributed by atoms with E-state index in [1.54, 1.807) is 29.3 Å². The van der Waals surface area contributed by atoms with Gasteiger partial charge in [0.15, 0.2) is 0 Å². The molecule has 0 N–H and O–H groups in total. The zero-order chi connectivity index (χ0) is 14.1. The van der Waals surface area contributed by atoms with Crippen molar-refractivity contribution in [3.63, 3.8) is 0 Å². The SMILES string of the molecule is COc1ccc(Cl)cc1C(=O)N1Cc2cncnc2C1. The molecule has 0 fully saturated rings. The summed E-state index contributed by atoms with van der Waals surface area (Å²) < 4.78 is 5.22. The summed E-state index contributed by atoms with van der Waals surface area (Å²) >= 11 is 5.97. The fraction of sp³-hybridized carbons (Fsp3) is 0.214. The van der Waals surface area contributed by atoms with Gasteiger partial charge in [-0.3, -0.25) is 4.79 Å². The Labute approximate surface area is 121 Å². The van der Waals surface area contributed by atoms with E-state index in [1.165, 1.54) is 13.4 Å². The third-order valence-corrected chi connectivity index (χ3v) is 3.50. The molecule has 0 bridgehead atoms. The fourth-order valence-electron chi connectivity index (χ4n) is 2.26. The van der Waals surface area contributed by atoms with Gasteiger partial charge in [0.05, 0.1) is 24.9 Å². The summed E-state index contributed by atoms with van der Waals surface area (Å²) in [5, 5.41) is 0.505. The molecule has 0 atom stereocenters. The number of nitrogens with zero attached hydrogens (tertiary/aromatic N) is 3. The second-order valence-electron chi connectivity index (χ2n) is 4.50. The number of hydrogen-bond acceptors (Lipinski definition) is 4. The number of aromatic nitrogens is 2. The van der Waals surface area contributed by atoms with Crippen molar-refractivity contribution in [1.82, 2.24) is 14.9 Å². The lowest BCUT2D eigenvalue weighted by molar-refractivity contribution is 0.0747. The minimum absolute atomic E-state index is 0.123. The van der Waals surface area contributed by atoms with E-state index in [0.717, 1.165) is 11.3 Å². The number of hydrogen-bond donors (Lipinski definition) is 0. The summed E-state index contributed by atoms with van der Waals surface area (Å²) in [5.41, 5.74) is 2.32. The molecule has 6 heteroatoms. The highest BCUT2D eigenvalue weighted by atomic mass is 35.5. The molecule has 1 aromatic heterocycles. The summed E-state index contributed by atoms with van der Waals surface area (Å²) in [6, 6.07) is 5.01. The molecule has 1 aliphatic heterocycles. The van der Waals surface area contributed by atoms with Crippen LogP contribution >= 0.6 is 11.6 Å². The Hall–Kier alpha value is -2.14. The average Bonchev–Trinajstić information content (AvgIpc) is 2.90. The van der Waals surface area contributed by atoms with Gasteiger partial charge < -0.3 is 9.64 Å². The van der Waals surface area contributed by atoms with Crippen LogP contribution in [-0.4, -0.2) is 27.9 Å². The molecule has 0 radical (unpaired) electrons. The van der Waals surface area contributed by atoms with Crippen LogP contribution in [0.25, 0.3) is 0 Å². The van der Waals surface area contributed by atoms with Crippen molar-refractivity contribution in [2.24, 2.45) is 0 Å². The third-order valence-electron chi connectivity index (χ3n) is 3.26. The van der Waals surface area contributed by atoms with Crippen molar-refractivity contribution in [2.75, 3.05) is 7.11 Å². The molecule has 5 nitrogen and oxygen atoms in total. The first kappa shape index (κ1) is 12.9. The smallest absolute Gasteiger partial charge is 0.258 e. The highest BCUT2D eigenvalue weighted by molar-refractivity contribution is 6.31. The molecular formula is C14H12ClN3O2. The van der Waals surface area contributed by atoms with Gasteiger partial charge in [-0.15, -0.1) is 0 Å². The van der Waals surface area contributed by atoms with E-state index in [2.05, 4.69) is 9.97 Å². The molecule has 0 saturated heterocycles. The predicted molar refractivity (Wildman–Crippen MR) is 73.6 cm³/mol. The highest BCUT2D eigenvalue weighted by Crippen LogP contribution is 2.27. The van der Waals surface area contributed by atoms with Crippen LogP contribution in [0.1, 0.15) is 21.6 Å². The van der Waals surface area contributed by atoms with Crippen molar-refractivity contribution in [3.8, 4) is 5.75 Å². The van der Waals surface area contributed by atoms with Crippen LogP contribution in [-0.2, 0) is 13.1 Å². The normalized spacial score (nSPS) is 13.2. The molecule has 1 aromatic carbocycles. The molecule has 0 unspecified atom stereocenters. The van der Waals surface area contributed by atoms with E-state index in [4.69, 9.17) is 16.3 Å². The van der Waals surface area contributed by atoms with Crippen LogP contribution in [0.15, 0.2) is 30.7 Å². The monoisotopic (exact) mass is 289 g/mol. The lowest BCUT2D eigenvalue weighted by atomic mass is 10.1. The molecule has 0 saturated carbocycles. The van der Waals surface area contributed by atoms with Gasteiger partial charge in [0, 0.05) is 23.3 Å². The first-order valence-corrected chi connectivity index (χ1v) is 6.47. The van der Waals surface area contributed by atoms with E-state index in [0.29, 0.717) is 29.4 Å². The van der Waals surface area contributed by atoms with Crippen LogP contribution in [0.3, 0.4) is 0 Å². The standard InChI is InChI=1S/C14H12ClN3O2/c1-20-13-3-2-10(15)4-11(13)14(19)18-6-9-5-16-8-17-12(9)7-18/h2-5,8H,6-7H2,1H3. The van der Waals surface area contributed by atoms with Crippen LogP contribution in [0, 0.1) is 0 Å². The Morgan fingerprint density at radius 3 is 3.00 bits per heavy atom. The Morgan fingerprint density at radius 2 is 2.25 bits per heavy atom. The molecular weight excluding hydrogens is 278 g/mol. The Kier molecular flexibility index (Phi) is 3.28. The molecule has 20 heavy (non-hydrogen) atoms. The lowest BCUT2D eigenvalue weighted by Gasteiger charge is -2.17. The summed E-state index contributed by atoms with van der Waals surface area (Å²) in [7, 11) is 1.53. The second kappa shape index (κ2) is 5.09. The van der Waals surface area contributed by atoms with Crippen molar-refractivity contribution >= 4 is 17.5 Å². The minimum atomic E-state index is -0.123.